The predicted octanol–water partition coefficient (Wildman–Crippen LogP) is 2.49. The number of halogens is 2. The van der Waals surface area contributed by atoms with Gasteiger partial charge in [0.05, 0.1) is 12.2 Å². The highest BCUT2D eigenvalue weighted by Crippen LogP contribution is 2.18. The summed E-state index contributed by atoms with van der Waals surface area (Å²) in [5, 5.41) is 2.44. The fraction of sp³-hybridized carbons (Fsp3) is 0.318. The molecule has 8 nitrogen and oxygen atoms in total. The topological polar surface area (TPSA) is 106 Å². The van der Waals surface area contributed by atoms with E-state index in [4.69, 9.17) is 9.47 Å². The Balaban J connectivity index is 1.65. The molecule has 10 heteroatoms. The van der Waals surface area contributed by atoms with Crippen molar-refractivity contribution >= 4 is 17.7 Å². The zero-order valence-electron chi connectivity index (χ0n) is 17.7. The van der Waals surface area contributed by atoms with Crippen LogP contribution in [0, 0.1) is 11.6 Å². The molecule has 0 aliphatic heterocycles. The van der Waals surface area contributed by atoms with Crippen LogP contribution in [0.5, 0.6) is 11.5 Å². The van der Waals surface area contributed by atoms with Gasteiger partial charge in [-0.3, -0.25) is 25.2 Å². The van der Waals surface area contributed by atoms with Gasteiger partial charge in [0.1, 0.15) is 23.1 Å². The highest BCUT2D eigenvalue weighted by molar-refractivity contribution is 5.94. The van der Waals surface area contributed by atoms with Crippen molar-refractivity contribution in [1.82, 2.24) is 16.2 Å². The van der Waals surface area contributed by atoms with Crippen molar-refractivity contribution in [2.75, 3.05) is 13.2 Å². The first-order valence-corrected chi connectivity index (χ1v) is 10.0. The number of hydrogen-bond donors (Lipinski definition) is 3. The molecule has 0 aliphatic carbocycles. The molecule has 1 unspecified atom stereocenters. The van der Waals surface area contributed by atoms with Crippen LogP contribution in [0.2, 0.25) is 0 Å². The van der Waals surface area contributed by atoms with Gasteiger partial charge >= 0.3 is 0 Å². The fourth-order valence-electron chi connectivity index (χ4n) is 2.55. The van der Waals surface area contributed by atoms with Gasteiger partial charge in [-0.2, -0.15) is 0 Å². The predicted molar refractivity (Wildman–Crippen MR) is 112 cm³/mol. The first kappa shape index (κ1) is 24.6. The van der Waals surface area contributed by atoms with Crippen LogP contribution in [0.1, 0.15) is 37.0 Å². The van der Waals surface area contributed by atoms with E-state index in [1.807, 2.05) is 6.92 Å². The third kappa shape index (κ3) is 7.86. The summed E-state index contributed by atoms with van der Waals surface area (Å²) in [5.41, 5.74) is 4.23. The second-order valence-electron chi connectivity index (χ2n) is 6.69. The standard InChI is InChI=1S/C22H25F2N3O5/c1-3-31-16-7-9-17(10-8-16)32-14(2)21(29)27-26-20(28)5-4-12-25-22(30)18-11-6-15(23)13-19(18)24/h6-11,13-14H,3-5,12H2,1-2H3,(H,25,30)(H,26,28)(H,27,29). The van der Waals surface area contributed by atoms with Crippen molar-refractivity contribution in [2.45, 2.75) is 32.8 Å². The van der Waals surface area contributed by atoms with Gasteiger partial charge in [0.15, 0.2) is 6.10 Å². The van der Waals surface area contributed by atoms with Crippen molar-refractivity contribution < 1.29 is 32.6 Å². The Morgan fingerprint density at radius 3 is 2.34 bits per heavy atom. The Kier molecular flexibility index (Phi) is 9.40. The Morgan fingerprint density at radius 2 is 1.69 bits per heavy atom. The van der Waals surface area contributed by atoms with Crippen LogP contribution in [0.25, 0.3) is 0 Å². The highest BCUT2D eigenvalue weighted by atomic mass is 19.1. The zero-order valence-corrected chi connectivity index (χ0v) is 17.7. The Hall–Kier alpha value is -3.69. The summed E-state index contributed by atoms with van der Waals surface area (Å²) >= 11 is 0. The summed E-state index contributed by atoms with van der Waals surface area (Å²) in [5.74, 6) is -2.34. The smallest absolute Gasteiger partial charge is 0.279 e. The van der Waals surface area contributed by atoms with Crippen LogP contribution in [0.15, 0.2) is 42.5 Å². The van der Waals surface area contributed by atoms with Gasteiger partial charge in [0.25, 0.3) is 11.8 Å². The Bertz CT molecular complexity index is 938. The first-order valence-electron chi connectivity index (χ1n) is 10.0. The lowest BCUT2D eigenvalue weighted by Crippen LogP contribution is -2.47. The number of rotatable bonds is 10. The molecule has 1 atom stereocenters. The summed E-state index contributed by atoms with van der Waals surface area (Å²) in [7, 11) is 0. The third-order valence-corrected chi connectivity index (χ3v) is 4.18. The van der Waals surface area contributed by atoms with E-state index in [9.17, 15) is 23.2 Å². The van der Waals surface area contributed by atoms with E-state index in [1.165, 1.54) is 6.92 Å². The first-order chi connectivity index (χ1) is 15.3. The van der Waals surface area contributed by atoms with Gasteiger partial charge < -0.3 is 14.8 Å². The molecular formula is C22H25F2N3O5. The molecule has 2 aromatic carbocycles. The summed E-state index contributed by atoms with van der Waals surface area (Å²) in [4.78, 5) is 35.8. The van der Waals surface area contributed by atoms with Gasteiger partial charge in [-0.1, -0.05) is 0 Å². The molecule has 3 amide bonds. The summed E-state index contributed by atoms with van der Waals surface area (Å²) in [6.07, 6.45) is -0.618. The van der Waals surface area contributed by atoms with E-state index in [-0.39, 0.29) is 24.9 Å². The molecule has 2 rings (SSSR count). The lowest BCUT2D eigenvalue weighted by Gasteiger charge is -2.15. The van der Waals surface area contributed by atoms with Gasteiger partial charge in [-0.25, -0.2) is 8.78 Å². The van der Waals surface area contributed by atoms with Crippen molar-refractivity contribution in [3.05, 3.63) is 59.7 Å². The van der Waals surface area contributed by atoms with Crippen molar-refractivity contribution in [3.8, 4) is 11.5 Å². The Labute approximate surface area is 184 Å². The minimum absolute atomic E-state index is 0.000584. The summed E-state index contributed by atoms with van der Waals surface area (Å²) < 4.78 is 37.3. The number of carbonyl (C=O) groups excluding carboxylic acids is 3. The lowest BCUT2D eigenvalue weighted by molar-refractivity contribution is -0.132. The summed E-state index contributed by atoms with van der Waals surface area (Å²) in [6, 6.07) is 9.40. The lowest BCUT2D eigenvalue weighted by atomic mass is 10.2. The number of benzene rings is 2. The average Bonchev–Trinajstić information content (AvgIpc) is 2.76. The molecule has 2 aromatic rings. The van der Waals surface area contributed by atoms with Crippen molar-refractivity contribution in [2.24, 2.45) is 0 Å². The van der Waals surface area contributed by atoms with E-state index >= 15 is 0 Å². The van der Waals surface area contributed by atoms with Crippen molar-refractivity contribution in [1.29, 1.82) is 0 Å². The number of ether oxygens (including phenoxy) is 2. The number of nitrogens with one attached hydrogen (secondary N) is 3. The van der Waals surface area contributed by atoms with Crippen molar-refractivity contribution in [3.63, 3.8) is 0 Å². The van der Waals surface area contributed by atoms with Gasteiger partial charge in [0.2, 0.25) is 5.91 Å². The molecule has 0 bridgehead atoms. The summed E-state index contributed by atoms with van der Waals surface area (Å²) in [6.45, 7) is 4.03. The molecule has 3 N–H and O–H groups in total. The van der Waals surface area contributed by atoms with Crippen LogP contribution in [0.4, 0.5) is 8.78 Å². The monoisotopic (exact) mass is 449 g/mol. The van der Waals surface area contributed by atoms with Crippen LogP contribution >= 0.6 is 0 Å². The largest absolute Gasteiger partial charge is 0.494 e. The molecule has 0 fully saturated rings. The molecule has 32 heavy (non-hydrogen) atoms. The molecule has 0 saturated heterocycles. The molecule has 0 radical (unpaired) electrons. The second-order valence-corrected chi connectivity index (χ2v) is 6.69. The number of hydrazine groups is 1. The number of carbonyl (C=O) groups is 3. The molecule has 0 saturated carbocycles. The maximum Gasteiger partial charge on any atom is 0.279 e. The maximum absolute atomic E-state index is 13.5. The average molecular weight is 449 g/mol. The van der Waals surface area contributed by atoms with E-state index in [0.717, 1.165) is 12.1 Å². The Morgan fingerprint density at radius 1 is 1.00 bits per heavy atom. The van der Waals surface area contributed by atoms with Crippen LogP contribution < -0.4 is 25.6 Å². The van der Waals surface area contributed by atoms with E-state index < -0.39 is 35.5 Å². The molecule has 0 aliphatic rings. The fourth-order valence-corrected chi connectivity index (χ4v) is 2.55. The second kappa shape index (κ2) is 12.2. The molecular weight excluding hydrogens is 424 g/mol. The molecule has 172 valence electrons. The molecule has 0 aromatic heterocycles. The van der Waals surface area contributed by atoms with Gasteiger partial charge in [0, 0.05) is 19.0 Å². The van der Waals surface area contributed by atoms with Gasteiger partial charge in [-0.05, 0) is 56.7 Å². The molecule has 0 heterocycles. The highest BCUT2D eigenvalue weighted by Gasteiger charge is 2.16. The third-order valence-electron chi connectivity index (χ3n) is 4.18. The van der Waals surface area contributed by atoms with E-state index in [1.54, 1.807) is 24.3 Å². The van der Waals surface area contributed by atoms with Crippen LogP contribution in [0.3, 0.4) is 0 Å². The quantitative estimate of drug-likeness (QED) is 0.382. The van der Waals surface area contributed by atoms with Gasteiger partial charge in [-0.15, -0.1) is 0 Å². The van der Waals surface area contributed by atoms with E-state index in [0.29, 0.717) is 24.2 Å². The van der Waals surface area contributed by atoms with E-state index in [2.05, 4.69) is 16.2 Å². The minimum Gasteiger partial charge on any atom is -0.494 e. The number of amides is 3. The maximum atomic E-state index is 13.5. The minimum atomic E-state index is -0.968. The zero-order chi connectivity index (χ0) is 23.5. The van der Waals surface area contributed by atoms with Crippen LogP contribution in [-0.2, 0) is 9.59 Å². The normalized spacial score (nSPS) is 11.2. The number of hydrogen-bond acceptors (Lipinski definition) is 5. The van der Waals surface area contributed by atoms with Crippen LogP contribution in [-0.4, -0.2) is 37.0 Å². The SMILES string of the molecule is CCOc1ccc(OC(C)C(=O)NNC(=O)CCCNC(=O)c2ccc(F)cc2F)cc1. The molecule has 0 spiro atoms.